The number of ether oxygens (including phenoxy) is 1. The monoisotopic (exact) mass is 454 g/mol. The van der Waals surface area contributed by atoms with Gasteiger partial charge in [-0.3, -0.25) is 4.79 Å². The maximum absolute atomic E-state index is 13.7. The van der Waals surface area contributed by atoms with Crippen LogP contribution in [-0.4, -0.2) is 31.0 Å². The number of hydrogen-bond acceptors (Lipinski definition) is 5. The predicted molar refractivity (Wildman–Crippen MR) is 118 cm³/mol. The molecular formula is C23H20ClFN4O3. The fourth-order valence-electron chi connectivity index (χ4n) is 3.44. The molecular weight excluding hydrogens is 435 g/mol. The largest absolute Gasteiger partial charge is 0.451 e. The standard InChI is InChI=1S/C23H20ClFN4O3/c1-14-8-18(6-7-19(14)28-11-15(2)26-13-28)32-21-10-22(24)27-29(23(21)31)20(12-30)16-4-3-5-17(25)9-16/h3-11,13,20,30H,12H2,1-2H3/t20-/m0/s1. The first-order chi connectivity index (χ1) is 15.4. The third-order valence-corrected chi connectivity index (χ3v) is 5.14. The van der Waals surface area contributed by atoms with E-state index in [1.807, 2.05) is 30.7 Å². The minimum absolute atomic E-state index is 0.00307. The van der Waals surface area contributed by atoms with Gasteiger partial charge in [0.15, 0.2) is 10.9 Å². The Hall–Kier alpha value is -3.49. The summed E-state index contributed by atoms with van der Waals surface area (Å²) in [4.78, 5) is 17.3. The van der Waals surface area contributed by atoms with Crippen LogP contribution < -0.4 is 10.3 Å². The summed E-state index contributed by atoms with van der Waals surface area (Å²) in [5, 5.41) is 13.9. The molecule has 2 aromatic carbocycles. The van der Waals surface area contributed by atoms with E-state index < -0.39 is 24.0 Å². The van der Waals surface area contributed by atoms with Crippen molar-refractivity contribution in [1.29, 1.82) is 0 Å². The van der Waals surface area contributed by atoms with Gasteiger partial charge < -0.3 is 14.4 Å². The molecule has 0 unspecified atom stereocenters. The summed E-state index contributed by atoms with van der Waals surface area (Å²) in [6.45, 7) is 3.35. The summed E-state index contributed by atoms with van der Waals surface area (Å²) in [5.74, 6) is -0.123. The van der Waals surface area contributed by atoms with Gasteiger partial charge in [-0.05, 0) is 55.3 Å². The van der Waals surface area contributed by atoms with Crippen LogP contribution in [0.25, 0.3) is 5.69 Å². The lowest BCUT2D eigenvalue weighted by molar-refractivity contribution is 0.235. The molecule has 164 valence electrons. The van der Waals surface area contributed by atoms with Gasteiger partial charge in [-0.2, -0.15) is 5.10 Å². The second kappa shape index (κ2) is 8.94. The molecule has 2 aromatic heterocycles. The van der Waals surface area contributed by atoms with Crippen LogP contribution >= 0.6 is 11.6 Å². The van der Waals surface area contributed by atoms with E-state index in [-0.39, 0.29) is 10.9 Å². The van der Waals surface area contributed by atoms with Crippen molar-refractivity contribution in [3.8, 4) is 17.2 Å². The number of rotatable bonds is 6. The van der Waals surface area contributed by atoms with E-state index in [4.69, 9.17) is 16.3 Å². The number of aromatic nitrogens is 4. The molecule has 4 rings (SSSR count). The third-order valence-electron chi connectivity index (χ3n) is 4.96. The highest BCUT2D eigenvalue weighted by atomic mass is 35.5. The average Bonchev–Trinajstić information content (AvgIpc) is 3.18. The molecule has 0 saturated carbocycles. The van der Waals surface area contributed by atoms with Crippen LogP contribution in [0.2, 0.25) is 5.15 Å². The van der Waals surface area contributed by atoms with E-state index in [9.17, 15) is 14.3 Å². The SMILES string of the molecule is Cc1cn(-c2ccc(Oc3cc(Cl)nn([C@@H](CO)c4cccc(F)c4)c3=O)cc2C)cn1. The number of aliphatic hydroxyl groups excluding tert-OH is 1. The summed E-state index contributed by atoms with van der Waals surface area (Å²) < 4.78 is 22.4. The van der Waals surface area contributed by atoms with E-state index >= 15 is 0 Å². The topological polar surface area (TPSA) is 82.2 Å². The lowest BCUT2D eigenvalue weighted by Crippen LogP contribution is -2.30. The fraction of sp³-hybridized carbons (Fsp3) is 0.174. The van der Waals surface area contributed by atoms with E-state index in [0.717, 1.165) is 21.6 Å². The summed E-state index contributed by atoms with van der Waals surface area (Å²) in [6.07, 6.45) is 3.63. The molecule has 4 aromatic rings. The predicted octanol–water partition coefficient (Wildman–Crippen LogP) is 4.21. The molecule has 0 aliphatic rings. The first-order valence-electron chi connectivity index (χ1n) is 9.81. The molecule has 0 aliphatic carbocycles. The molecule has 7 nitrogen and oxygen atoms in total. The lowest BCUT2D eigenvalue weighted by Gasteiger charge is -2.18. The zero-order valence-corrected chi connectivity index (χ0v) is 18.1. The maximum Gasteiger partial charge on any atom is 0.310 e. The van der Waals surface area contributed by atoms with Gasteiger partial charge in [-0.15, -0.1) is 0 Å². The van der Waals surface area contributed by atoms with E-state index in [0.29, 0.717) is 11.3 Å². The number of imidazole rings is 1. The zero-order valence-electron chi connectivity index (χ0n) is 17.4. The van der Waals surface area contributed by atoms with Gasteiger partial charge in [0.2, 0.25) is 0 Å². The second-order valence-corrected chi connectivity index (χ2v) is 7.69. The van der Waals surface area contributed by atoms with E-state index in [1.165, 1.54) is 24.3 Å². The lowest BCUT2D eigenvalue weighted by atomic mass is 10.1. The van der Waals surface area contributed by atoms with Crippen LogP contribution in [-0.2, 0) is 0 Å². The molecule has 0 saturated heterocycles. The Morgan fingerprint density at radius 3 is 2.66 bits per heavy atom. The highest BCUT2D eigenvalue weighted by Crippen LogP contribution is 2.26. The van der Waals surface area contributed by atoms with Gasteiger partial charge in [0.25, 0.3) is 0 Å². The molecule has 0 bridgehead atoms. The molecule has 9 heteroatoms. The molecule has 1 N–H and O–H groups in total. The summed E-state index contributed by atoms with van der Waals surface area (Å²) >= 11 is 6.13. The molecule has 32 heavy (non-hydrogen) atoms. The number of benzene rings is 2. The van der Waals surface area contributed by atoms with Crippen LogP contribution in [0.15, 0.2) is 65.8 Å². The number of hydrogen-bond donors (Lipinski definition) is 1. The minimum Gasteiger partial charge on any atom is -0.451 e. The Balaban J connectivity index is 1.69. The normalized spacial score (nSPS) is 12.0. The Morgan fingerprint density at radius 1 is 1.19 bits per heavy atom. The number of nitrogens with zero attached hydrogens (tertiary/aromatic N) is 4. The molecule has 0 fully saturated rings. The van der Waals surface area contributed by atoms with Gasteiger partial charge >= 0.3 is 5.56 Å². The first kappa shape index (κ1) is 21.7. The van der Waals surface area contributed by atoms with Gasteiger partial charge in [0, 0.05) is 18.0 Å². The van der Waals surface area contributed by atoms with Crippen LogP contribution in [0.3, 0.4) is 0 Å². The van der Waals surface area contributed by atoms with Crippen molar-refractivity contribution in [2.24, 2.45) is 0 Å². The number of aryl methyl sites for hydroxylation is 2. The molecule has 0 radical (unpaired) electrons. The highest BCUT2D eigenvalue weighted by molar-refractivity contribution is 6.29. The van der Waals surface area contributed by atoms with Crippen LogP contribution in [0.1, 0.15) is 22.9 Å². The van der Waals surface area contributed by atoms with Crippen molar-refractivity contribution in [3.63, 3.8) is 0 Å². The van der Waals surface area contributed by atoms with E-state index in [2.05, 4.69) is 10.1 Å². The van der Waals surface area contributed by atoms with Crippen LogP contribution in [0.4, 0.5) is 4.39 Å². The second-order valence-electron chi connectivity index (χ2n) is 7.31. The smallest absolute Gasteiger partial charge is 0.310 e. The van der Waals surface area contributed by atoms with Crippen molar-refractivity contribution >= 4 is 11.6 Å². The molecule has 0 aliphatic heterocycles. The van der Waals surface area contributed by atoms with Gasteiger partial charge in [-0.1, -0.05) is 23.7 Å². The van der Waals surface area contributed by atoms with Crippen LogP contribution in [0, 0.1) is 19.7 Å². The third kappa shape index (κ3) is 4.42. The Labute approximate surface area is 188 Å². The van der Waals surface area contributed by atoms with Crippen molar-refractivity contribution in [2.75, 3.05) is 6.61 Å². The van der Waals surface area contributed by atoms with Crippen molar-refractivity contribution < 1.29 is 14.2 Å². The molecule has 2 heterocycles. The maximum atomic E-state index is 13.7. The number of aliphatic hydroxyl groups is 1. The Kier molecular flexibility index (Phi) is 6.07. The molecule has 0 amide bonds. The molecule has 1 atom stereocenters. The molecule has 0 spiro atoms. The first-order valence-corrected chi connectivity index (χ1v) is 10.2. The van der Waals surface area contributed by atoms with Gasteiger partial charge in [0.05, 0.1) is 18.6 Å². The van der Waals surface area contributed by atoms with Crippen LogP contribution in [0.5, 0.6) is 11.5 Å². The van der Waals surface area contributed by atoms with Gasteiger partial charge in [-0.25, -0.2) is 14.1 Å². The van der Waals surface area contributed by atoms with Gasteiger partial charge in [0.1, 0.15) is 17.6 Å². The Bertz CT molecular complexity index is 1340. The van der Waals surface area contributed by atoms with Crippen molar-refractivity contribution in [3.05, 3.63) is 99.2 Å². The average molecular weight is 455 g/mol. The number of halogens is 2. The summed E-state index contributed by atoms with van der Waals surface area (Å²) in [5.41, 5.74) is 2.51. The highest BCUT2D eigenvalue weighted by Gasteiger charge is 2.20. The quantitative estimate of drug-likeness (QED) is 0.472. The minimum atomic E-state index is -0.923. The summed E-state index contributed by atoms with van der Waals surface area (Å²) in [6, 6.07) is 11.4. The van der Waals surface area contributed by atoms with Crippen molar-refractivity contribution in [1.82, 2.24) is 19.3 Å². The fourth-order valence-corrected chi connectivity index (χ4v) is 3.62. The summed E-state index contributed by atoms with van der Waals surface area (Å²) in [7, 11) is 0. The van der Waals surface area contributed by atoms with E-state index in [1.54, 1.807) is 24.5 Å². The Morgan fingerprint density at radius 2 is 2.00 bits per heavy atom. The zero-order chi connectivity index (χ0) is 22.8. The van der Waals surface area contributed by atoms with Crippen molar-refractivity contribution in [2.45, 2.75) is 19.9 Å².